The summed E-state index contributed by atoms with van der Waals surface area (Å²) in [4.78, 5) is 12.9. The maximum atomic E-state index is 13.4. The first-order chi connectivity index (χ1) is 15.5. The first-order valence-electron chi connectivity index (χ1n) is 10.6. The van der Waals surface area contributed by atoms with Crippen LogP contribution >= 0.6 is 0 Å². The minimum Gasteiger partial charge on any atom is -0.351 e. The van der Waals surface area contributed by atoms with Crippen LogP contribution in [-0.4, -0.2) is 31.2 Å². The number of carbonyl (C=O) groups excluding carboxylic acids is 1. The largest absolute Gasteiger partial charge is 0.351 e. The van der Waals surface area contributed by atoms with E-state index >= 15 is 0 Å². The molecule has 2 atom stereocenters. The van der Waals surface area contributed by atoms with Crippen molar-refractivity contribution in [1.29, 1.82) is 0 Å². The third-order valence-corrected chi connectivity index (χ3v) is 7.58. The fraction of sp³-hybridized carbons (Fsp3) is 0.240. The van der Waals surface area contributed by atoms with Crippen molar-refractivity contribution in [2.24, 2.45) is 5.73 Å². The second kappa shape index (κ2) is 11.5. The minimum absolute atomic E-state index is 0. The van der Waals surface area contributed by atoms with Crippen molar-refractivity contribution in [3.8, 4) is 0 Å². The van der Waals surface area contributed by atoms with E-state index in [4.69, 9.17) is 5.73 Å². The Bertz CT molecular complexity index is 1160. The second-order valence-electron chi connectivity index (χ2n) is 7.90. The molecular formula is C25H26N3O3SY-. The molecule has 1 amide bonds. The Hall–Kier alpha value is -1.90. The van der Waals surface area contributed by atoms with Gasteiger partial charge in [-0.15, -0.1) is 0 Å². The molecule has 0 saturated heterocycles. The van der Waals surface area contributed by atoms with Crippen LogP contribution in [0.25, 0.3) is 0 Å². The molecule has 1 fully saturated rings. The molecule has 4 rings (SSSR count). The predicted octanol–water partition coefficient (Wildman–Crippen LogP) is 2.81. The Balaban J connectivity index is 0.00000306. The monoisotopic (exact) mass is 537 g/mol. The van der Waals surface area contributed by atoms with E-state index in [1.165, 1.54) is 16.4 Å². The number of nitrogens with zero attached hydrogens (tertiary/aromatic N) is 1. The molecule has 3 aromatic carbocycles. The van der Waals surface area contributed by atoms with Gasteiger partial charge in [0.05, 0.1) is 6.54 Å². The summed E-state index contributed by atoms with van der Waals surface area (Å²) in [6.07, 6.45) is 0.691. The van der Waals surface area contributed by atoms with Crippen LogP contribution in [0.1, 0.15) is 29.0 Å². The summed E-state index contributed by atoms with van der Waals surface area (Å²) in [5, 5.41) is 2.85. The maximum Gasteiger partial charge on any atom is 0.235 e. The Kier molecular flexibility index (Phi) is 8.96. The van der Waals surface area contributed by atoms with Gasteiger partial charge in [-0.25, -0.2) is 8.42 Å². The molecule has 0 bridgehead atoms. The number of benzene rings is 3. The molecule has 1 aliphatic carbocycles. The number of carbonyl (C=O) groups is 1. The topological polar surface area (TPSA) is 92.5 Å². The first kappa shape index (κ1) is 25.7. The van der Waals surface area contributed by atoms with Gasteiger partial charge in [-0.3, -0.25) is 4.79 Å². The zero-order valence-electron chi connectivity index (χ0n) is 18.2. The zero-order chi connectivity index (χ0) is 22.6. The molecule has 8 heteroatoms. The minimum atomic E-state index is -3.83. The van der Waals surface area contributed by atoms with Crippen molar-refractivity contribution in [2.75, 3.05) is 6.54 Å². The van der Waals surface area contributed by atoms with Gasteiger partial charge >= 0.3 is 0 Å². The zero-order valence-corrected chi connectivity index (χ0v) is 21.9. The molecular weight excluding hydrogens is 511 g/mol. The van der Waals surface area contributed by atoms with Gasteiger partial charge in [0, 0.05) is 57.8 Å². The average molecular weight is 537 g/mol. The van der Waals surface area contributed by atoms with E-state index in [2.05, 4.69) is 11.4 Å². The summed E-state index contributed by atoms with van der Waals surface area (Å²) >= 11 is 0. The number of rotatable bonds is 9. The first-order valence-corrected chi connectivity index (χ1v) is 12.0. The van der Waals surface area contributed by atoms with Crippen LogP contribution in [0.3, 0.4) is 0 Å². The van der Waals surface area contributed by atoms with Crippen LogP contribution in [0.4, 0.5) is 0 Å². The third-order valence-electron chi connectivity index (χ3n) is 5.70. The Labute approximate surface area is 220 Å². The van der Waals surface area contributed by atoms with Crippen molar-refractivity contribution in [1.82, 2.24) is 9.62 Å². The quantitative estimate of drug-likeness (QED) is 0.411. The van der Waals surface area contributed by atoms with E-state index in [0.717, 1.165) is 16.7 Å². The van der Waals surface area contributed by atoms with Crippen LogP contribution in [0.5, 0.6) is 0 Å². The fourth-order valence-corrected chi connectivity index (χ4v) is 5.44. The van der Waals surface area contributed by atoms with Gasteiger partial charge in [-0.1, -0.05) is 54.6 Å². The molecule has 3 aromatic rings. The summed E-state index contributed by atoms with van der Waals surface area (Å²) in [6.45, 7) is 0.557. The van der Waals surface area contributed by atoms with E-state index < -0.39 is 10.0 Å². The molecule has 6 nitrogen and oxygen atoms in total. The summed E-state index contributed by atoms with van der Waals surface area (Å²) in [5.41, 5.74) is 8.64. The van der Waals surface area contributed by atoms with Crippen LogP contribution in [0, 0.1) is 6.07 Å². The number of sulfonamides is 1. The molecule has 1 saturated carbocycles. The fourth-order valence-electron chi connectivity index (χ4n) is 3.81. The van der Waals surface area contributed by atoms with Crippen molar-refractivity contribution in [3.05, 3.63) is 102 Å². The van der Waals surface area contributed by atoms with E-state index in [1.54, 1.807) is 12.1 Å². The van der Waals surface area contributed by atoms with E-state index in [1.807, 2.05) is 54.6 Å². The molecule has 0 heterocycles. The van der Waals surface area contributed by atoms with Crippen molar-refractivity contribution < 1.29 is 45.9 Å². The third kappa shape index (κ3) is 6.37. The molecule has 2 unspecified atom stereocenters. The van der Waals surface area contributed by atoms with Gasteiger partial charge in [0.1, 0.15) is 0 Å². The summed E-state index contributed by atoms with van der Waals surface area (Å²) in [6, 6.07) is 26.2. The summed E-state index contributed by atoms with van der Waals surface area (Å²) < 4.78 is 28.1. The van der Waals surface area contributed by atoms with Gasteiger partial charge in [0.25, 0.3) is 0 Å². The molecule has 0 aliphatic heterocycles. The molecule has 0 aromatic heterocycles. The number of nitrogens with two attached hydrogens (primary N) is 1. The molecule has 33 heavy (non-hydrogen) atoms. The van der Waals surface area contributed by atoms with E-state index in [0.29, 0.717) is 19.5 Å². The smallest absolute Gasteiger partial charge is 0.235 e. The molecule has 1 aliphatic rings. The number of amides is 1. The molecule has 1 radical (unpaired) electrons. The number of hydrogen-bond donors (Lipinski definition) is 2. The summed E-state index contributed by atoms with van der Waals surface area (Å²) in [5.74, 6) is -0.254. The van der Waals surface area contributed by atoms with Crippen molar-refractivity contribution in [2.45, 2.75) is 36.4 Å². The molecule has 169 valence electrons. The van der Waals surface area contributed by atoms with E-state index in [-0.39, 0.29) is 62.0 Å². The Morgan fingerprint density at radius 3 is 2.27 bits per heavy atom. The van der Waals surface area contributed by atoms with Crippen molar-refractivity contribution >= 4 is 15.9 Å². The maximum absolute atomic E-state index is 13.4. The van der Waals surface area contributed by atoms with Gasteiger partial charge < -0.3 is 11.1 Å². The number of hydrogen-bond acceptors (Lipinski definition) is 4. The van der Waals surface area contributed by atoms with E-state index in [9.17, 15) is 13.2 Å². The predicted molar refractivity (Wildman–Crippen MR) is 123 cm³/mol. The average Bonchev–Trinajstić information content (AvgIpc) is 3.63. The van der Waals surface area contributed by atoms with Gasteiger partial charge in [0.2, 0.25) is 15.9 Å². The summed E-state index contributed by atoms with van der Waals surface area (Å²) in [7, 11) is -3.83. The normalized spacial score (nSPS) is 17.3. The van der Waals surface area contributed by atoms with Gasteiger partial charge in [0.15, 0.2) is 0 Å². The van der Waals surface area contributed by atoms with Crippen LogP contribution in [0.2, 0.25) is 0 Å². The second-order valence-corrected chi connectivity index (χ2v) is 9.79. The Morgan fingerprint density at radius 2 is 1.64 bits per heavy atom. The van der Waals surface area contributed by atoms with Crippen LogP contribution in [-0.2, 0) is 60.6 Å². The van der Waals surface area contributed by atoms with Gasteiger partial charge in [-0.05, 0) is 28.0 Å². The van der Waals surface area contributed by atoms with Crippen LogP contribution < -0.4 is 11.1 Å². The van der Waals surface area contributed by atoms with Crippen molar-refractivity contribution in [3.63, 3.8) is 0 Å². The SMILES string of the molecule is NCc1ccc(CNC(=O)CN(C2CC2c2ccccc2)S(=O)(=O)c2cc[c-]cc2)cc1.[Y]. The Morgan fingerprint density at radius 1 is 1.00 bits per heavy atom. The molecule has 0 spiro atoms. The van der Waals surface area contributed by atoms with Gasteiger partial charge in [-0.2, -0.15) is 34.6 Å². The molecule has 3 N–H and O–H groups in total. The number of nitrogens with one attached hydrogen (secondary N) is 1. The standard InChI is InChI=1S/C25H26N3O3S.Y/c26-16-19-11-13-20(14-12-19)17-27-25(29)18-28(32(30,31)22-9-5-2-6-10-22)24-15-23(24)21-7-3-1-4-8-21;/h1,3-14,23-24H,15-18,26H2,(H,27,29);/q-1;. The van der Waals surface area contributed by atoms with Crippen LogP contribution in [0.15, 0.2) is 83.8 Å².